The van der Waals surface area contributed by atoms with E-state index in [0.29, 0.717) is 0 Å². The van der Waals surface area contributed by atoms with Crippen molar-refractivity contribution >= 4 is 0 Å². The standard InChI is InChI=1S/C11H22N2O/c1-3-11(8-14)13-9(2)12-7-10-5-4-6-10/h10-14H,2-8H2,1H3. The molecule has 0 aromatic heterocycles. The van der Waals surface area contributed by atoms with Gasteiger partial charge in [0.15, 0.2) is 0 Å². The van der Waals surface area contributed by atoms with Crippen molar-refractivity contribution in [2.45, 2.75) is 38.6 Å². The third kappa shape index (κ3) is 3.58. The SMILES string of the molecule is C=C(NCC1CCC1)NC(CC)CO. The Morgan fingerprint density at radius 3 is 2.71 bits per heavy atom. The number of aliphatic hydroxyl groups excluding tert-OH is 1. The molecule has 0 bridgehead atoms. The quantitative estimate of drug-likeness (QED) is 0.576. The van der Waals surface area contributed by atoms with Crippen molar-refractivity contribution in [2.24, 2.45) is 5.92 Å². The Balaban J connectivity index is 2.07. The first-order valence-electron chi connectivity index (χ1n) is 5.56. The molecule has 0 amide bonds. The van der Waals surface area contributed by atoms with Gasteiger partial charge in [0.2, 0.25) is 0 Å². The van der Waals surface area contributed by atoms with Gasteiger partial charge in [-0.1, -0.05) is 19.9 Å². The molecule has 0 saturated heterocycles. The molecule has 0 aromatic rings. The molecular weight excluding hydrogens is 176 g/mol. The van der Waals surface area contributed by atoms with Crippen molar-refractivity contribution in [3.05, 3.63) is 12.4 Å². The molecule has 0 radical (unpaired) electrons. The number of hydrogen-bond donors (Lipinski definition) is 3. The van der Waals surface area contributed by atoms with Crippen molar-refractivity contribution in [1.82, 2.24) is 10.6 Å². The summed E-state index contributed by atoms with van der Waals surface area (Å²) in [6, 6.07) is 0.136. The zero-order chi connectivity index (χ0) is 10.4. The van der Waals surface area contributed by atoms with Crippen LogP contribution in [0.25, 0.3) is 0 Å². The molecule has 0 aromatic carbocycles. The summed E-state index contributed by atoms with van der Waals surface area (Å²) in [5.74, 6) is 1.68. The van der Waals surface area contributed by atoms with E-state index in [1.165, 1.54) is 19.3 Å². The van der Waals surface area contributed by atoms with Crippen LogP contribution in [0.4, 0.5) is 0 Å². The highest BCUT2D eigenvalue weighted by molar-refractivity contribution is 4.92. The summed E-state index contributed by atoms with van der Waals surface area (Å²) in [4.78, 5) is 0. The van der Waals surface area contributed by atoms with E-state index in [9.17, 15) is 0 Å². The number of hydrogen-bond acceptors (Lipinski definition) is 3. The van der Waals surface area contributed by atoms with Gasteiger partial charge in [0.05, 0.1) is 18.5 Å². The molecule has 1 rings (SSSR count). The summed E-state index contributed by atoms with van der Waals surface area (Å²) in [6.07, 6.45) is 4.98. The fraction of sp³-hybridized carbons (Fsp3) is 0.818. The van der Waals surface area contributed by atoms with Crippen molar-refractivity contribution in [3.63, 3.8) is 0 Å². The minimum absolute atomic E-state index is 0.136. The lowest BCUT2D eigenvalue weighted by Crippen LogP contribution is -2.38. The van der Waals surface area contributed by atoms with Gasteiger partial charge in [-0.15, -0.1) is 0 Å². The number of aliphatic hydroxyl groups is 1. The maximum Gasteiger partial charge on any atom is 0.0915 e. The van der Waals surface area contributed by atoms with E-state index in [0.717, 1.165) is 24.7 Å². The first-order chi connectivity index (χ1) is 6.76. The highest BCUT2D eigenvalue weighted by Crippen LogP contribution is 2.25. The first kappa shape index (κ1) is 11.4. The zero-order valence-corrected chi connectivity index (χ0v) is 9.05. The van der Waals surface area contributed by atoms with Gasteiger partial charge < -0.3 is 15.7 Å². The molecule has 3 nitrogen and oxygen atoms in total. The average molecular weight is 198 g/mol. The van der Waals surface area contributed by atoms with Gasteiger partial charge in [0.1, 0.15) is 0 Å². The van der Waals surface area contributed by atoms with Gasteiger partial charge in [-0.05, 0) is 25.2 Å². The van der Waals surface area contributed by atoms with Crippen LogP contribution in [0.1, 0.15) is 32.6 Å². The van der Waals surface area contributed by atoms with Gasteiger partial charge in [0.25, 0.3) is 0 Å². The molecule has 14 heavy (non-hydrogen) atoms. The summed E-state index contributed by atoms with van der Waals surface area (Å²) >= 11 is 0. The summed E-state index contributed by atoms with van der Waals surface area (Å²) in [5, 5.41) is 15.4. The highest BCUT2D eigenvalue weighted by Gasteiger charge is 2.16. The molecule has 82 valence electrons. The molecule has 0 spiro atoms. The predicted octanol–water partition coefficient (Wildman–Crippen LogP) is 1.21. The van der Waals surface area contributed by atoms with Gasteiger partial charge in [-0.3, -0.25) is 0 Å². The monoisotopic (exact) mass is 198 g/mol. The van der Waals surface area contributed by atoms with Gasteiger partial charge in [-0.25, -0.2) is 0 Å². The van der Waals surface area contributed by atoms with Crippen LogP contribution in [0, 0.1) is 5.92 Å². The normalized spacial score (nSPS) is 18.4. The van der Waals surface area contributed by atoms with E-state index >= 15 is 0 Å². The number of rotatable bonds is 7. The third-order valence-corrected chi connectivity index (χ3v) is 2.92. The van der Waals surface area contributed by atoms with Crippen molar-refractivity contribution in [1.29, 1.82) is 0 Å². The van der Waals surface area contributed by atoms with Crippen LogP contribution in [-0.4, -0.2) is 24.3 Å². The van der Waals surface area contributed by atoms with Crippen LogP contribution in [0.5, 0.6) is 0 Å². The molecule has 1 unspecified atom stereocenters. The second-order valence-electron chi connectivity index (χ2n) is 4.09. The Morgan fingerprint density at radius 1 is 1.57 bits per heavy atom. The topological polar surface area (TPSA) is 44.3 Å². The summed E-state index contributed by atoms with van der Waals surface area (Å²) in [6.45, 7) is 7.12. The largest absolute Gasteiger partial charge is 0.394 e. The average Bonchev–Trinajstić information content (AvgIpc) is 2.11. The Bertz CT molecular complexity index is 174. The first-order valence-corrected chi connectivity index (χ1v) is 5.56. The van der Waals surface area contributed by atoms with Gasteiger partial charge in [-0.2, -0.15) is 0 Å². The molecule has 1 fully saturated rings. The lowest BCUT2D eigenvalue weighted by Gasteiger charge is -2.27. The maximum atomic E-state index is 8.98. The second-order valence-corrected chi connectivity index (χ2v) is 4.09. The summed E-state index contributed by atoms with van der Waals surface area (Å²) in [7, 11) is 0. The Kier molecular flexibility index (Phi) is 4.80. The zero-order valence-electron chi connectivity index (χ0n) is 9.05. The molecule has 1 aliphatic carbocycles. The molecular formula is C11H22N2O. The van der Waals surface area contributed by atoms with Gasteiger partial charge in [0, 0.05) is 6.54 Å². The van der Waals surface area contributed by atoms with Crippen LogP contribution in [0.15, 0.2) is 12.4 Å². The fourth-order valence-corrected chi connectivity index (χ4v) is 1.54. The van der Waals surface area contributed by atoms with Gasteiger partial charge >= 0.3 is 0 Å². The van der Waals surface area contributed by atoms with Crippen molar-refractivity contribution in [3.8, 4) is 0 Å². The van der Waals surface area contributed by atoms with E-state index in [1.807, 2.05) is 6.92 Å². The van der Waals surface area contributed by atoms with Crippen molar-refractivity contribution in [2.75, 3.05) is 13.2 Å². The minimum atomic E-state index is 0.136. The van der Waals surface area contributed by atoms with Crippen molar-refractivity contribution < 1.29 is 5.11 Å². The van der Waals surface area contributed by atoms with E-state index < -0.39 is 0 Å². The van der Waals surface area contributed by atoms with E-state index in [4.69, 9.17) is 5.11 Å². The number of nitrogens with one attached hydrogen (secondary N) is 2. The van der Waals surface area contributed by atoms with Crippen LogP contribution in [0.3, 0.4) is 0 Å². The predicted molar refractivity (Wildman–Crippen MR) is 58.8 cm³/mol. The lowest BCUT2D eigenvalue weighted by molar-refractivity contribution is 0.242. The molecule has 0 heterocycles. The van der Waals surface area contributed by atoms with E-state index in [2.05, 4.69) is 17.2 Å². The molecule has 1 atom stereocenters. The molecule has 3 heteroatoms. The Hall–Kier alpha value is -0.700. The molecule has 3 N–H and O–H groups in total. The van der Waals surface area contributed by atoms with Crippen LogP contribution in [-0.2, 0) is 0 Å². The van der Waals surface area contributed by atoms with Crippen LogP contribution < -0.4 is 10.6 Å². The minimum Gasteiger partial charge on any atom is -0.394 e. The smallest absolute Gasteiger partial charge is 0.0915 e. The molecule has 0 aliphatic heterocycles. The lowest BCUT2D eigenvalue weighted by atomic mass is 9.85. The molecule has 1 saturated carbocycles. The second kappa shape index (κ2) is 5.91. The highest BCUT2D eigenvalue weighted by atomic mass is 16.3. The summed E-state index contributed by atoms with van der Waals surface area (Å²) < 4.78 is 0. The summed E-state index contributed by atoms with van der Waals surface area (Å²) in [5.41, 5.74) is 0. The fourth-order valence-electron chi connectivity index (χ4n) is 1.54. The molecule has 1 aliphatic rings. The van der Waals surface area contributed by atoms with E-state index in [1.54, 1.807) is 0 Å². The van der Waals surface area contributed by atoms with Crippen LogP contribution >= 0.6 is 0 Å². The Labute approximate surface area is 86.6 Å². The third-order valence-electron chi connectivity index (χ3n) is 2.92. The van der Waals surface area contributed by atoms with Crippen LogP contribution in [0.2, 0.25) is 0 Å². The van der Waals surface area contributed by atoms with E-state index in [-0.39, 0.29) is 12.6 Å². The Morgan fingerprint density at radius 2 is 2.29 bits per heavy atom. The maximum absolute atomic E-state index is 8.98.